The molecule has 0 aliphatic heterocycles. The Morgan fingerprint density at radius 2 is 1.92 bits per heavy atom. The molecule has 0 N–H and O–H groups in total. The van der Waals surface area contributed by atoms with E-state index in [2.05, 4.69) is 20.8 Å². The highest BCUT2D eigenvalue weighted by Gasteiger charge is 2.63. The van der Waals surface area contributed by atoms with Gasteiger partial charge in [-0.1, -0.05) is 27.2 Å². The molecule has 1 unspecified atom stereocenters. The van der Waals surface area contributed by atoms with E-state index in [0.717, 1.165) is 19.3 Å². The van der Waals surface area contributed by atoms with Crippen molar-refractivity contribution < 1.29 is 9.53 Å². The summed E-state index contributed by atoms with van der Waals surface area (Å²) in [5.74, 6) is -0.00838. The van der Waals surface area contributed by atoms with Crippen LogP contribution in [0.5, 0.6) is 0 Å². The van der Waals surface area contributed by atoms with E-state index in [1.54, 1.807) is 0 Å². The average Bonchev–Trinajstić information content (AvgIpc) is 2.53. The molecule has 0 bridgehead atoms. The van der Waals surface area contributed by atoms with Gasteiger partial charge >= 0.3 is 5.97 Å². The summed E-state index contributed by atoms with van der Waals surface area (Å²) in [5.41, 5.74) is -0.0585. The Morgan fingerprint density at radius 1 is 1.38 bits per heavy atom. The van der Waals surface area contributed by atoms with Gasteiger partial charge < -0.3 is 4.74 Å². The molecule has 13 heavy (non-hydrogen) atoms. The molecule has 0 aromatic heterocycles. The van der Waals surface area contributed by atoms with Gasteiger partial charge in [0.2, 0.25) is 0 Å². The Labute approximate surface area is 80.7 Å². The van der Waals surface area contributed by atoms with Crippen LogP contribution in [0.3, 0.4) is 0 Å². The van der Waals surface area contributed by atoms with Crippen LogP contribution in [0.4, 0.5) is 0 Å². The van der Waals surface area contributed by atoms with Gasteiger partial charge in [-0.2, -0.15) is 0 Å². The molecule has 1 atom stereocenters. The molecule has 0 aromatic rings. The lowest BCUT2D eigenvalue weighted by Gasteiger charge is -2.13. The fraction of sp³-hybridized carbons (Fsp3) is 0.909. The number of esters is 1. The molecule has 1 saturated carbocycles. The minimum absolute atomic E-state index is 0.00838. The first-order chi connectivity index (χ1) is 5.94. The highest BCUT2D eigenvalue weighted by molar-refractivity contribution is 5.81. The van der Waals surface area contributed by atoms with Crippen molar-refractivity contribution in [2.75, 3.05) is 6.61 Å². The van der Waals surface area contributed by atoms with E-state index in [-0.39, 0.29) is 16.8 Å². The molecular weight excluding hydrogens is 164 g/mol. The van der Waals surface area contributed by atoms with Crippen LogP contribution < -0.4 is 0 Å². The van der Waals surface area contributed by atoms with Gasteiger partial charge in [0.1, 0.15) is 0 Å². The number of hydrogen-bond acceptors (Lipinski definition) is 2. The number of rotatable bonds is 4. The number of ether oxygens (including phenoxy) is 1. The fourth-order valence-corrected chi connectivity index (χ4v) is 1.66. The predicted molar refractivity (Wildman–Crippen MR) is 52.4 cm³/mol. The van der Waals surface area contributed by atoms with Crippen LogP contribution >= 0.6 is 0 Å². The largest absolute Gasteiger partial charge is 0.465 e. The van der Waals surface area contributed by atoms with Crippen LogP contribution in [0, 0.1) is 10.8 Å². The molecule has 0 spiro atoms. The van der Waals surface area contributed by atoms with Gasteiger partial charge in [0.25, 0.3) is 0 Å². The third kappa shape index (κ3) is 1.87. The zero-order valence-electron chi connectivity index (χ0n) is 9.14. The van der Waals surface area contributed by atoms with Gasteiger partial charge in [0.15, 0.2) is 0 Å². The Bertz CT molecular complexity index is 208. The molecule has 0 aromatic carbocycles. The Balaban J connectivity index is 2.34. The summed E-state index contributed by atoms with van der Waals surface area (Å²) in [6.07, 6.45) is 3.01. The number of carbonyl (C=O) groups is 1. The van der Waals surface area contributed by atoms with Crippen LogP contribution in [0.2, 0.25) is 0 Å². The van der Waals surface area contributed by atoms with E-state index < -0.39 is 0 Å². The monoisotopic (exact) mass is 184 g/mol. The second kappa shape index (κ2) is 3.32. The molecule has 76 valence electrons. The highest BCUT2D eigenvalue weighted by atomic mass is 16.5. The lowest BCUT2D eigenvalue weighted by atomic mass is 9.99. The quantitative estimate of drug-likeness (QED) is 0.496. The maximum atomic E-state index is 11.6. The topological polar surface area (TPSA) is 26.3 Å². The van der Waals surface area contributed by atoms with Gasteiger partial charge in [0.05, 0.1) is 12.0 Å². The maximum absolute atomic E-state index is 11.6. The van der Waals surface area contributed by atoms with Crippen molar-refractivity contribution in [1.29, 1.82) is 0 Å². The van der Waals surface area contributed by atoms with Gasteiger partial charge in [-0.3, -0.25) is 4.79 Å². The van der Waals surface area contributed by atoms with E-state index in [1.165, 1.54) is 0 Å². The van der Waals surface area contributed by atoms with E-state index in [1.807, 2.05) is 6.92 Å². The van der Waals surface area contributed by atoms with E-state index >= 15 is 0 Å². The first-order valence-corrected chi connectivity index (χ1v) is 5.11. The van der Waals surface area contributed by atoms with Gasteiger partial charge in [-0.25, -0.2) is 0 Å². The zero-order chi connectivity index (χ0) is 10.1. The summed E-state index contributed by atoms with van der Waals surface area (Å²) in [4.78, 5) is 11.6. The molecule has 0 saturated heterocycles. The molecule has 1 aliphatic rings. The predicted octanol–water partition coefficient (Wildman–Crippen LogP) is 2.77. The van der Waals surface area contributed by atoms with Crippen LogP contribution in [0.1, 0.15) is 47.0 Å². The SMILES string of the molecule is CCCCOC(=O)C1(C)CC1(C)C. The lowest BCUT2D eigenvalue weighted by Crippen LogP contribution is -2.21. The number of hydrogen-bond donors (Lipinski definition) is 0. The van der Waals surface area contributed by atoms with E-state index in [9.17, 15) is 4.79 Å². The fourth-order valence-electron chi connectivity index (χ4n) is 1.66. The van der Waals surface area contributed by atoms with Crippen molar-refractivity contribution in [3.8, 4) is 0 Å². The Morgan fingerprint density at radius 3 is 2.31 bits per heavy atom. The highest BCUT2D eigenvalue weighted by Crippen LogP contribution is 2.63. The van der Waals surface area contributed by atoms with Crippen molar-refractivity contribution in [3.63, 3.8) is 0 Å². The molecule has 0 radical (unpaired) electrons. The summed E-state index contributed by atoms with van der Waals surface area (Å²) < 4.78 is 5.21. The molecule has 2 nitrogen and oxygen atoms in total. The summed E-state index contributed by atoms with van der Waals surface area (Å²) >= 11 is 0. The molecule has 2 heteroatoms. The van der Waals surface area contributed by atoms with Crippen molar-refractivity contribution >= 4 is 5.97 Å². The standard InChI is InChI=1S/C11H20O2/c1-5-6-7-13-9(12)11(4)8-10(11,2)3/h5-8H2,1-4H3. The van der Waals surface area contributed by atoms with Crippen molar-refractivity contribution in [1.82, 2.24) is 0 Å². The summed E-state index contributed by atoms with van der Waals surface area (Å²) in [6.45, 7) is 8.92. The first kappa shape index (κ1) is 10.6. The summed E-state index contributed by atoms with van der Waals surface area (Å²) in [5, 5.41) is 0. The zero-order valence-corrected chi connectivity index (χ0v) is 9.14. The summed E-state index contributed by atoms with van der Waals surface area (Å²) in [7, 11) is 0. The van der Waals surface area contributed by atoms with E-state index in [4.69, 9.17) is 4.74 Å². The normalized spacial score (nSPS) is 29.8. The summed E-state index contributed by atoms with van der Waals surface area (Å²) in [6, 6.07) is 0. The smallest absolute Gasteiger partial charge is 0.312 e. The van der Waals surface area contributed by atoms with Crippen molar-refractivity contribution in [2.45, 2.75) is 47.0 Å². The Kier molecular flexibility index (Phi) is 2.69. The molecule has 0 amide bonds. The van der Waals surface area contributed by atoms with Gasteiger partial charge in [0, 0.05) is 0 Å². The third-order valence-electron chi connectivity index (χ3n) is 3.35. The van der Waals surface area contributed by atoms with Crippen LogP contribution in [0.15, 0.2) is 0 Å². The molecule has 1 aliphatic carbocycles. The van der Waals surface area contributed by atoms with Gasteiger partial charge in [-0.05, 0) is 25.2 Å². The molecule has 0 heterocycles. The van der Waals surface area contributed by atoms with E-state index in [0.29, 0.717) is 6.61 Å². The van der Waals surface area contributed by atoms with Crippen LogP contribution in [-0.2, 0) is 9.53 Å². The second-order valence-corrected chi connectivity index (χ2v) is 4.88. The first-order valence-electron chi connectivity index (χ1n) is 5.11. The second-order valence-electron chi connectivity index (χ2n) is 4.88. The number of carbonyl (C=O) groups excluding carboxylic acids is 1. The van der Waals surface area contributed by atoms with Gasteiger partial charge in [-0.15, -0.1) is 0 Å². The number of unbranched alkanes of at least 4 members (excludes halogenated alkanes) is 1. The van der Waals surface area contributed by atoms with Crippen LogP contribution in [-0.4, -0.2) is 12.6 Å². The third-order valence-corrected chi connectivity index (χ3v) is 3.35. The Hall–Kier alpha value is -0.530. The molecular formula is C11H20O2. The van der Waals surface area contributed by atoms with Crippen LogP contribution in [0.25, 0.3) is 0 Å². The average molecular weight is 184 g/mol. The lowest BCUT2D eigenvalue weighted by molar-refractivity contribution is -0.151. The molecule has 1 fully saturated rings. The minimum atomic E-state index is -0.208. The van der Waals surface area contributed by atoms with Crippen molar-refractivity contribution in [3.05, 3.63) is 0 Å². The minimum Gasteiger partial charge on any atom is -0.465 e. The van der Waals surface area contributed by atoms with Crippen molar-refractivity contribution in [2.24, 2.45) is 10.8 Å². The molecule has 1 rings (SSSR count). The maximum Gasteiger partial charge on any atom is 0.312 e.